The summed E-state index contributed by atoms with van der Waals surface area (Å²) in [5.74, 6) is 1.52. The first-order chi connectivity index (χ1) is 16.4. The van der Waals surface area contributed by atoms with Gasteiger partial charge in [-0.3, -0.25) is 4.57 Å². The van der Waals surface area contributed by atoms with Crippen LogP contribution in [0.2, 0.25) is 0 Å². The Morgan fingerprint density at radius 1 is 0.853 bits per heavy atom. The second-order valence-electron chi connectivity index (χ2n) is 9.01. The average Bonchev–Trinajstić information content (AvgIpc) is 3.41. The summed E-state index contributed by atoms with van der Waals surface area (Å²) in [5, 5.41) is 31.3. The van der Waals surface area contributed by atoms with Gasteiger partial charge in [-0.2, -0.15) is 0 Å². The number of fused-ring (bicyclic) bond motifs is 1. The summed E-state index contributed by atoms with van der Waals surface area (Å²) >= 11 is 0. The standard InChI is InChI=1S/C28H28N4O2/c1-18(2)22-16-23(26(34)17-25(22)33)28-30-29-27(12-9-19-7-5-4-6-8-19)32(28)21-10-11-24-20(15-21)13-14-31(24)3/h4-8,10-11,13-18,33-34H,9,12H2,1-3H3. The molecular weight excluding hydrogens is 424 g/mol. The van der Waals surface area contributed by atoms with E-state index in [1.165, 1.54) is 11.6 Å². The van der Waals surface area contributed by atoms with Gasteiger partial charge < -0.3 is 14.8 Å². The highest BCUT2D eigenvalue weighted by molar-refractivity contribution is 5.83. The predicted molar refractivity (Wildman–Crippen MR) is 135 cm³/mol. The van der Waals surface area contributed by atoms with Crippen LogP contribution in [0.4, 0.5) is 0 Å². The topological polar surface area (TPSA) is 76.1 Å². The number of hydrogen-bond donors (Lipinski definition) is 2. The molecule has 0 saturated heterocycles. The molecule has 0 aliphatic rings. The van der Waals surface area contributed by atoms with E-state index >= 15 is 0 Å². The van der Waals surface area contributed by atoms with E-state index < -0.39 is 0 Å². The second-order valence-corrected chi connectivity index (χ2v) is 9.01. The molecule has 3 aromatic carbocycles. The van der Waals surface area contributed by atoms with Crippen LogP contribution >= 0.6 is 0 Å². The monoisotopic (exact) mass is 452 g/mol. The number of rotatable bonds is 6. The van der Waals surface area contributed by atoms with Gasteiger partial charge in [-0.15, -0.1) is 10.2 Å². The van der Waals surface area contributed by atoms with Gasteiger partial charge in [0.1, 0.15) is 17.3 Å². The first-order valence-corrected chi connectivity index (χ1v) is 11.5. The van der Waals surface area contributed by atoms with Crippen molar-refractivity contribution < 1.29 is 10.2 Å². The highest BCUT2D eigenvalue weighted by Crippen LogP contribution is 2.38. The number of phenols is 2. The summed E-state index contributed by atoms with van der Waals surface area (Å²) < 4.78 is 4.11. The number of benzene rings is 3. The largest absolute Gasteiger partial charge is 0.508 e. The molecule has 0 unspecified atom stereocenters. The van der Waals surface area contributed by atoms with E-state index in [1.54, 1.807) is 0 Å². The maximum atomic E-state index is 10.8. The second kappa shape index (κ2) is 8.71. The summed E-state index contributed by atoms with van der Waals surface area (Å²) in [7, 11) is 2.03. The summed E-state index contributed by atoms with van der Waals surface area (Å²) in [4.78, 5) is 0. The Morgan fingerprint density at radius 3 is 2.41 bits per heavy atom. The van der Waals surface area contributed by atoms with Crippen LogP contribution in [0.5, 0.6) is 11.5 Å². The molecule has 2 heterocycles. The lowest BCUT2D eigenvalue weighted by molar-refractivity contribution is 0.444. The highest BCUT2D eigenvalue weighted by Gasteiger charge is 2.21. The van der Waals surface area contributed by atoms with Gasteiger partial charge in [-0.25, -0.2) is 0 Å². The van der Waals surface area contributed by atoms with E-state index in [0.29, 0.717) is 17.8 Å². The van der Waals surface area contributed by atoms with Crippen molar-refractivity contribution >= 4 is 10.9 Å². The van der Waals surface area contributed by atoms with Crippen molar-refractivity contribution in [3.63, 3.8) is 0 Å². The molecule has 6 nitrogen and oxygen atoms in total. The molecule has 0 saturated carbocycles. The Morgan fingerprint density at radius 2 is 1.65 bits per heavy atom. The molecular formula is C28H28N4O2. The van der Waals surface area contributed by atoms with Crippen LogP contribution in [-0.4, -0.2) is 29.5 Å². The third-order valence-corrected chi connectivity index (χ3v) is 6.35. The molecule has 0 atom stereocenters. The smallest absolute Gasteiger partial charge is 0.172 e. The quantitative estimate of drug-likeness (QED) is 0.344. The fraction of sp³-hybridized carbons (Fsp3) is 0.214. The Bertz CT molecular complexity index is 1470. The van der Waals surface area contributed by atoms with Crippen LogP contribution in [0.3, 0.4) is 0 Å². The van der Waals surface area contributed by atoms with Gasteiger partial charge in [0, 0.05) is 42.3 Å². The molecule has 2 aromatic heterocycles. The minimum Gasteiger partial charge on any atom is -0.508 e. The lowest BCUT2D eigenvalue weighted by Crippen LogP contribution is -2.05. The van der Waals surface area contributed by atoms with Crippen molar-refractivity contribution in [3.05, 3.63) is 89.9 Å². The summed E-state index contributed by atoms with van der Waals surface area (Å²) in [6.07, 6.45) is 3.56. The van der Waals surface area contributed by atoms with Crippen LogP contribution in [-0.2, 0) is 19.9 Å². The molecule has 0 fully saturated rings. The zero-order valence-electron chi connectivity index (χ0n) is 19.6. The van der Waals surface area contributed by atoms with E-state index in [9.17, 15) is 10.2 Å². The molecule has 0 radical (unpaired) electrons. The number of phenolic OH excluding ortho intramolecular Hbond substituents is 2. The van der Waals surface area contributed by atoms with Crippen LogP contribution in [0.15, 0.2) is 72.9 Å². The zero-order chi connectivity index (χ0) is 23.8. The Hall–Kier alpha value is -4.06. The molecule has 0 aliphatic carbocycles. The third-order valence-electron chi connectivity index (χ3n) is 6.35. The number of hydrogen-bond acceptors (Lipinski definition) is 4. The molecule has 0 aliphatic heterocycles. The van der Waals surface area contributed by atoms with E-state index in [4.69, 9.17) is 0 Å². The average molecular weight is 453 g/mol. The molecule has 5 rings (SSSR count). The molecule has 6 heteroatoms. The minimum absolute atomic E-state index is 0.0223. The summed E-state index contributed by atoms with van der Waals surface area (Å²) in [6.45, 7) is 4.02. The molecule has 0 bridgehead atoms. The van der Waals surface area contributed by atoms with Crippen LogP contribution < -0.4 is 0 Å². The molecule has 0 spiro atoms. The normalized spacial score (nSPS) is 11.5. The fourth-order valence-corrected chi connectivity index (χ4v) is 4.47. The van der Waals surface area contributed by atoms with E-state index in [-0.39, 0.29) is 17.4 Å². The minimum atomic E-state index is -0.0223. The lowest BCUT2D eigenvalue weighted by Gasteiger charge is -2.15. The van der Waals surface area contributed by atoms with Gasteiger partial charge in [0.25, 0.3) is 0 Å². The van der Waals surface area contributed by atoms with E-state index in [1.807, 2.05) is 55.9 Å². The van der Waals surface area contributed by atoms with Gasteiger partial charge in [-0.05, 0) is 53.8 Å². The first-order valence-electron chi connectivity index (χ1n) is 11.5. The van der Waals surface area contributed by atoms with Gasteiger partial charge in [0.15, 0.2) is 5.82 Å². The van der Waals surface area contributed by atoms with Gasteiger partial charge >= 0.3 is 0 Å². The van der Waals surface area contributed by atoms with Crippen molar-refractivity contribution in [2.24, 2.45) is 7.05 Å². The molecule has 172 valence electrons. The Kier molecular flexibility index (Phi) is 5.57. The predicted octanol–water partition coefficient (Wildman–Crippen LogP) is 5.75. The van der Waals surface area contributed by atoms with Crippen molar-refractivity contribution in [1.82, 2.24) is 19.3 Å². The maximum Gasteiger partial charge on any atom is 0.172 e. The fourth-order valence-electron chi connectivity index (χ4n) is 4.47. The first kappa shape index (κ1) is 21.8. The number of aromatic hydroxyl groups is 2. The molecule has 2 N–H and O–H groups in total. The van der Waals surface area contributed by atoms with Crippen LogP contribution in [0, 0.1) is 0 Å². The summed E-state index contributed by atoms with van der Waals surface area (Å²) in [5.41, 5.74) is 4.60. The SMILES string of the molecule is CC(C)c1cc(-c2nnc(CCc3ccccc3)n2-c2ccc3c(ccn3C)c2)c(O)cc1O. The maximum absolute atomic E-state index is 10.8. The zero-order valence-corrected chi connectivity index (χ0v) is 19.6. The Labute approximate surface area is 198 Å². The van der Waals surface area contributed by atoms with E-state index in [0.717, 1.165) is 34.4 Å². The number of nitrogens with zero attached hydrogens (tertiary/aromatic N) is 4. The van der Waals surface area contributed by atoms with Crippen molar-refractivity contribution in [2.75, 3.05) is 0 Å². The lowest BCUT2D eigenvalue weighted by atomic mass is 9.98. The summed E-state index contributed by atoms with van der Waals surface area (Å²) in [6, 6.07) is 21.9. The molecule has 5 aromatic rings. The molecule has 0 amide bonds. The van der Waals surface area contributed by atoms with Crippen LogP contribution in [0.1, 0.15) is 36.7 Å². The highest BCUT2D eigenvalue weighted by atomic mass is 16.3. The van der Waals surface area contributed by atoms with Crippen molar-refractivity contribution in [1.29, 1.82) is 0 Å². The van der Waals surface area contributed by atoms with Gasteiger partial charge in [-0.1, -0.05) is 44.2 Å². The van der Waals surface area contributed by atoms with Crippen molar-refractivity contribution in [3.8, 4) is 28.6 Å². The van der Waals surface area contributed by atoms with Gasteiger partial charge in [0.2, 0.25) is 0 Å². The Balaban J connectivity index is 1.66. The third kappa shape index (κ3) is 3.92. The molecule has 34 heavy (non-hydrogen) atoms. The van der Waals surface area contributed by atoms with Gasteiger partial charge in [0.05, 0.1) is 5.56 Å². The van der Waals surface area contributed by atoms with Crippen LogP contribution in [0.25, 0.3) is 28.0 Å². The number of aromatic nitrogens is 4. The van der Waals surface area contributed by atoms with E-state index in [2.05, 4.69) is 51.2 Å². The number of aryl methyl sites for hydroxylation is 3. The van der Waals surface area contributed by atoms with Crippen molar-refractivity contribution in [2.45, 2.75) is 32.6 Å².